The number of hydrogen-bond acceptors (Lipinski definition) is 2. The van der Waals surface area contributed by atoms with Crippen LogP contribution in [0.15, 0.2) is 0 Å². The van der Waals surface area contributed by atoms with Gasteiger partial charge in [0.15, 0.2) is 0 Å². The van der Waals surface area contributed by atoms with Gasteiger partial charge < -0.3 is 10.4 Å². The van der Waals surface area contributed by atoms with E-state index in [9.17, 15) is 14.7 Å². The molecule has 0 heterocycles. The molecule has 0 aliphatic rings. The Balaban J connectivity index is 5.02. The van der Waals surface area contributed by atoms with E-state index < -0.39 is 22.3 Å². The van der Waals surface area contributed by atoms with E-state index >= 15 is 0 Å². The summed E-state index contributed by atoms with van der Waals surface area (Å²) in [5.41, 5.74) is -2.30. The van der Waals surface area contributed by atoms with Crippen molar-refractivity contribution in [1.29, 1.82) is 0 Å². The van der Waals surface area contributed by atoms with Gasteiger partial charge in [-0.25, -0.2) is 0 Å². The van der Waals surface area contributed by atoms with E-state index in [4.69, 9.17) is 0 Å². The van der Waals surface area contributed by atoms with Crippen LogP contribution in [0.2, 0.25) is 0 Å². The van der Waals surface area contributed by atoms with Crippen LogP contribution in [0.4, 0.5) is 0 Å². The van der Waals surface area contributed by atoms with Crippen LogP contribution < -0.4 is 5.32 Å². The molecule has 0 aromatic carbocycles. The molecule has 0 aliphatic carbocycles. The minimum Gasteiger partial charge on any atom is -0.481 e. The maximum absolute atomic E-state index is 12.1. The van der Waals surface area contributed by atoms with Gasteiger partial charge in [-0.3, -0.25) is 9.59 Å². The van der Waals surface area contributed by atoms with E-state index in [-0.39, 0.29) is 5.91 Å². The number of carboxylic acids is 1. The van der Waals surface area contributed by atoms with Crippen LogP contribution in [0.5, 0.6) is 0 Å². The van der Waals surface area contributed by atoms with Crippen molar-refractivity contribution in [3.05, 3.63) is 0 Å². The molecule has 0 aliphatic heterocycles. The van der Waals surface area contributed by atoms with Gasteiger partial charge in [-0.15, -0.1) is 0 Å². The number of nitrogens with one attached hydrogen (secondary N) is 1. The fourth-order valence-corrected chi connectivity index (χ4v) is 1.04. The summed E-state index contributed by atoms with van der Waals surface area (Å²) in [6.07, 6.45) is 0.711. The maximum atomic E-state index is 12.1. The fraction of sp³-hybridized carbons (Fsp3) is 0.846. The molecule has 2 N–H and O–H groups in total. The highest BCUT2D eigenvalue weighted by Crippen LogP contribution is 2.32. The molecule has 0 radical (unpaired) electrons. The van der Waals surface area contributed by atoms with Gasteiger partial charge in [0.1, 0.15) is 0 Å². The first kappa shape index (κ1) is 15.9. The molecule has 0 spiro atoms. The predicted octanol–water partition coefficient (Wildman–Crippen LogP) is 2.43. The quantitative estimate of drug-likeness (QED) is 0.779. The lowest BCUT2D eigenvalue weighted by Crippen LogP contribution is -2.59. The Morgan fingerprint density at radius 3 is 1.76 bits per heavy atom. The molecule has 1 amide bonds. The SMILES string of the molecule is CCC(C)(C)C(=O)NC(C)(C)C(C)(C)C(=O)O. The molecular formula is C13H25NO3. The van der Waals surface area contributed by atoms with E-state index in [0.717, 1.165) is 0 Å². The number of aliphatic carboxylic acids is 1. The van der Waals surface area contributed by atoms with Crippen molar-refractivity contribution >= 4 is 11.9 Å². The number of amides is 1. The zero-order valence-corrected chi connectivity index (χ0v) is 12.0. The standard InChI is InChI=1S/C13H25NO3/c1-8-11(2,3)9(15)14-13(6,7)12(4,5)10(16)17/h8H2,1-7H3,(H,14,15)(H,16,17). The van der Waals surface area contributed by atoms with Crippen LogP contribution in [-0.4, -0.2) is 22.5 Å². The molecule has 0 aromatic heterocycles. The van der Waals surface area contributed by atoms with Crippen molar-refractivity contribution in [2.75, 3.05) is 0 Å². The summed E-state index contributed by atoms with van der Waals surface area (Å²) < 4.78 is 0. The Kier molecular flexibility index (Phi) is 4.38. The third-order valence-corrected chi connectivity index (χ3v) is 4.02. The Bertz CT molecular complexity index is 317. The Labute approximate surface area is 104 Å². The first-order valence-electron chi connectivity index (χ1n) is 5.94. The first-order chi connectivity index (χ1) is 7.38. The van der Waals surface area contributed by atoms with Crippen molar-refractivity contribution in [2.45, 2.75) is 60.4 Å². The van der Waals surface area contributed by atoms with Crippen molar-refractivity contribution in [3.8, 4) is 0 Å². The second-order valence-corrected chi connectivity index (χ2v) is 6.25. The monoisotopic (exact) mass is 243 g/mol. The molecule has 0 saturated carbocycles. The molecule has 0 bridgehead atoms. The third kappa shape index (κ3) is 3.20. The Hall–Kier alpha value is -1.06. The zero-order valence-electron chi connectivity index (χ0n) is 12.0. The Morgan fingerprint density at radius 1 is 1.06 bits per heavy atom. The highest BCUT2D eigenvalue weighted by Gasteiger charge is 2.45. The molecule has 0 rings (SSSR count). The predicted molar refractivity (Wildman–Crippen MR) is 67.7 cm³/mol. The third-order valence-electron chi connectivity index (χ3n) is 4.02. The second-order valence-electron chi connectivity index (χ2n) is 6.25. The fourth-order valence-electron chi connectivity index (χ4n) is 1.04. The molecule has 0 atom stereocenters. The highest BCUT2D eigenvalue weighted by molar-refractivity contribution is 5.84. The van der Waals surface area contributed by atoms with E-state index in [1.807, 2.05) is 20.8 Å². The summed E-state index contributed by atoms with van der Waals surface area (Å²) in [4.78, 5) is 23.3. The van der Waals surface area contributed by atoms with Crippen molar-refractivity contribution in [2.24, 2.45) is 10.8 Å². The molecule has 4 heteroatoms. The lowest BCUT2D eigenvalue weighted by Gasteiger charge is -2.40. The van der Waals surface area contributed by atoms with E-state index in [0.29, 0.717) is 6.42 Å². The maximum Gasteiger partial charge on any atom is 0.311 e. The van der Waals surface area contributed by atoms with Crippen LogP contribution in [-0.2, 0) is 9.59 Å². The van der Waals surface area contributed by atoms with Crippen molar-refractivity contribution in [1.82, 2.24) is 5.32 Å². The van der Waals surface area contributed by atoms with Crippen LogP contribution in [0, 0.1) is 10.8 Å². The van der Waals surface area contributed by atoms with Gasteiger partial charge in [0.25, 0.3) is 0 Å². The summed E-state index contributed by atoms with van der Waals surface area (Å²) in [7, 11) is 0. The van der Waals surface area contributed by atoms with Gasteiger partial charge in [0.05, 0.1) is 5.41 Å². The molecule has 100 valence electrons. The highest BCUT2D eigenvalue weighted by atomic mass is 16.4. The Morgan fingerprint density at radius 2 is 1.47 bits per heavy atom. The van der Waals surface area contributed by atoms with Crippen molar-refractivity contribution < 1.29 is 14.7 Å². The zero-order chi connectivity index (χ0) is 14.1. The lowest BCUT2D eigenvalue weighted by molar-refractivity contribution is -0.152. The van der Waals surface area contributed by atoms with E-state index in [1.54, 1.807) is 27.7 Å². The molecule has 0 saturated heterocycles. The van der Waals surface area contributed by atoms with Gasteiger partial charge in [-0.2, -0.15) is 0 Å². The van der Waals surface area contributed by atoms with Gasteiger partial charge in [0.2, 0.25) is 5.91 Å². The van der Waals surface area contributed by atoms with Crippen molar-refractivity contribution in [3.63, 3.8) is 0 Å². The van der Waals surface area contributed by atoms with Crippen LogP contribution in [0.3, 0.4) is 0 Å². The summed E-state index contributed by atoms with van der Waals surface area (Å²) in [6.45, 7) is 12.4. The number of carbonyl (C=O) groups excluding carboxylic acids is 1. The molecule has 0 unspecified atom stereocenters. The minimum absolute atomic E-state index is 0.112. The van der Waals surface area contributed by atoms with Crippen LogP contribution >= 0.6 is 0 Å². The summed E-state index contributed by atoms with van der Waals surface area (Å²) in [5.74, 6) is -1.03. The second kappa shape index (κ2) is 4.67. The summed E-state index contributed by atoms with van der Waals surface area (Å²) in [6, 6.07) is 0. The number of carboxylic acid groups (broad SMARTS) is 1. The molecule has 4 nitrogen and oxygen atoms in total. The van der Waals surface area contributed by atoms with E-state index in [2.05, 4.69) is 5.32 Å². The molecule has 17 heavy (non-hydrogen) atoms. The molecular weight excluding hydrogens is 218 g/mol. The lowest BCUT2D eigenvalue weighted by atomic mass is 9.73. The normalized spacial score (nSPS) is 13.4. The van der Waals surface area contributed by atoms with E-state index in [1.165, 1.54) is 0 Å². The number of rotatable bonds is 5. The average Bonchev–Trinajstić information content (AvgIpc) is 2.16. The average molecular weight is 243 g/mol. The van der Waals surface area contributed by atoms with Gasteiger partial charge in [-0.1, -0.05) is 20.8 Å². The van der Waals surface area contributed by atoms with Gasteiger partial charge in [-0.05, 0) is 34.1 Å². The van der Waals surface area contributed by atoms with Crippen LogP contribution in [0.1, 0.15) is 54.9 Å². The number of hydrogen-bond donors (Lipinski definition) is 2. The minimum atomic E-state index is -1.02. The first-order valence-corrected chi connectivity index (χ1v) is 5.94. The molecule has 0 aromatic rings. The van der Waals surface area contributed by atoms with Gasteiger partial charge >= 0.3 is 5.97 Å². The van der Waals surface area contributed by atoms with Gasteiger partial charge in [0, 0.05) is 11.0 Å². The summed E-state index contributed by atoms with van der Waals surface area (Å²) >= 11 is 0. The topological polar surface area (TPSA) is 66.4 Å². The van der Waals surface area contributed by atoms with Crippen LogP contribution in [0.25, 0.3) is 0 Å². The largest absolute Gasteiger partial charge is 0.481 e. The summed E-state index contributed by atoms with van der Waals surface area (Å²) in [5, 5.41) is 12.0. The molecule has 0 fully saturated rings. The number of carbonyl (C=O) groups is 2. The smallest absolute Gasteiger partial charge is 0.311 e.